The van der Waals surface area contributed by atoms with E-state index in [2.05, 4.69) is 6.07 Å². The van der Waals surface area contributed by atoms with Gasteiger partial charge in [-0.25, -0.2) is 4.79 Å². The zero-order valence-corrected chi connectivity index (χ0v) is 10.9. The first-order chi connectivity index (χ1) is 9.61. The summed E-state index contributed by atoms with van der Waals surface area (Å²) in [4.78, 5) is 11.8. The Bertz CT molecular complexity index is 870. The molecule has 0 aliphatic carbocycles. The summed E-state index contributed by atoms with van der Waals surface area (Å²) in [5.74, 6) is -1.48. The highest BCUT2D eigenvalue weighted by atomic mass is 32.1. The number of carboxylic acid groups (broad SMARTS) is 1. The van der Waals surface area contributed by atoms with Gasteiger partial charge in [0, 0.05) is 17.6 Å². The van der Waals surface area contributed by atoms with Crippen LogP contribution < -0.4 is 0 Å². The summed E-state index contributed by atoms with van der Waals surface area (Å²) in [5, 5.41) is 30.5. The molecule has 3 rings (SSSR count). The minimum absolute atomic E-state index is 0.149. The summed E-state index contributed by atoms with van der Waals surface area (Å²) in [7, 11) is 0. The lowest BCUT2D eigenvalue weighted by Crippen LogP contribution is -1.98. The van der Waals surface area contributed by atoms with Crippen LogP contribution in [0.4, 0.5) is 0 Å². The molecular formula is C14H8N2O3S. The number of nitrogens with zero attached hydrogens (tertiary/aromatic N) is 2. The number of hydrogen-bond acceptors (Lipinski definition) is 4. The van der Waals surface area contributed by atoms with E-state index in [1.807, 2.05) is 11.4 Å². The quantitative estimate of drug-likeness (QED) is 0.757. The Balaban J connectivity index is 2.21. The monoisotopic (exact) mass is 284 g/mol. The van der Waals surface area contributed by atoms with E-state index in [1.54, 1.807) is 16.8 Å². The third kappa shape index (κ3) is 1.73. The van der Waals surface area contributed by atoms with Crippen molar-refractivity contribution in [2.45, 2.75) is 0 Å². The molecule has 0 fully saturated rings. The molecule has 98 valence electrons. The van der Waals surface area contributed by atoms with Gasteiger partial charge in [0.05, 0.1) is 11.3 Å². The highest BCUT2D eigenvalue weighted by Gasteiger charge is 2.14. The number of rotatable bonds is 2. The number of aromatic hydroxyl groups is 1. The second kappa shape index (κ2) is 4.40. The number of aromatic nitrogens is 1. The molecule has 20 heavy (non-hydrogen) atoms. The van der Waals surface area contributed by atoms with Gasteiger partial charge in [-0.2, -0.15) is 5.26 Å². The van der Waals surface area contributed by atoms with Gasteiger partial charge in [-0.05, 0) is 23.6 Å². The molecule has 0 saturated carbocycles. The van der Waals surface area contributed by atoms with Gasteiger partial charge in [0.1, 0.15) is 22.2 Å². The molecule has 0 spiro atoms. The van der Waals surface area contributed by atoms with Crippen LogP contribution >= 0.6 is 11.3 Å². The first kappa shape index (κ1) is 12.3. The number of hydrogen-bond donors (Lipinski definition) is 2. The van der Waals surface area contributed by atoms with Gasteiger partial charge in [-0.3, -0.25) is 0 Å². The van der Waals surface area contributed by atoms with Gasteiger partial charge >= 0.3 is 5.97 Å². The Morgan fingerprint density at radius 3 is 2.80 bits per heavy atom. The number of phenols is 1. The van der Waals surface area contributed by atoms with Crippen molar-refractivity contribution in [2.24, 2.45) is 0 Å². The molecule has 0 unspecified atom stereocenters. The van der Waals surface area contributed by atoms with Crippen molar-refractivity contribution in [3.8, 4) is 17.5 Å². The van der Waals surface area contributed by atoms with Crippen LogP contribution in [0, 0.1) is 11.3 Å². The molecule has 0 atom stereocenters. The van der Waals surface area contributed by atoms with Gasteiger partial charge in [0.25, 0.3) is 0 Å². The predicted molar refractivity (Wildman–Crippen MR) is 74.5 cm³/mol. The molecule has 2 N–H and O–H groups in total. The SMILES string of the molecule is N#Cc1cn(-c2ccc(C(=O)O)c(O)c2)c2sccc12. The lowest BCUT2D eigenvalue weighted by atomic mass is 10.2. The van der Waals surface area contributed by atoms with Gasteiger partial charge in [0.2, 0.25) is 0 Å². The first-order valence-corrected chi connectivity index (χ1v) is 6.55. The summed E-state index contributed by atoms with van der Waals surface area (Å²) >= 11 is 1.48. The van der Waals surface area contributed by atoms with Crippen molar-refractivity contribution in [2.75, 3.05) is 0 Å². The number of fused-ring (bicyclic) bond motifs is 1. The average Bonchev–Trinajstić information content (AvgIpc) is 2.99. The molecule has 6 heteroatoms. The van der Waals surface area contributed by atoms with E-state index in [1.165, 1.54) is 23.5 Å². The molecule has 1 aromatic carbocycles. The lowest BCUT2D eigenvalue weighted by molar-refractivity contribution is 0.0694. The van der Waals surface area contributed by atoms with Gasteiger partial charge in [-0.15, -0.1) is 11.3 Å². The molecule has 5 nitrogen and oxygen atoms in total. The molecule has 2 aromatic heterocycles. The fourth-order valence-corrected chi connectivity index (χ4v) is 2.99. The molecule has 0 amide bonds. The number of carbonyl (C=O) groups is 1. The van der Waals surface area contributed by atoms with Crippen LogP contribution in [0.1, 0.15) is 15.9 Å². The third-order valence-corrected chi connectivity index (χ3v) is 3.93. The predicted octanol–water partition coefficient (Wildman–Crippen LogP) is 2.97. The fraction of sp³-hybridized carbons (Fsp3) is 0. The minimum Gasteiger partial charge on any atom is -0.507 e. The summed E-state index contributed by atoms with van der Waals surface area (Å²) in [5.41, 5.74) is 1.01. The normalized spacial score (nSPS) is 10.6. The van der Waals surface area contributed by atoms with E-state index in [0.717, 1.165) is 10.2 Å². The van der Waals surface area contributed by atoms with Crippen LogP contribution in [0.5, 0.6) is 5.75 Å². The Hall–Kier alpha value is -2.78. The largest absolute Gasteiger partial charge is 0.507 e. The number of benzene rings is 1. The standard InChI is InChI=1S/C14H8N2O3S/c15-6-8-7-16(13-10(8)3-4-20-13)9-1-2-11(14(18)19)12(17)5-9/h1-5,7,17H,(H,18,19). The van der Waals surface area contributed by atoms with Crippen molar-refractivity contribution in [3.63, 3.8) is 0 Å². The number of nitriles is 1. The maximum absolute atomic E-state index is 10.9. The van der Waals surface area contributed by atoms with Crippen molar-refractivity contribution in [3.05, 3.63) is 47.0 Å². The highest BCUT2D eigenvalue weighted by molar-refractivity contribution is 7.16. The molecule has 0 radical (unpaired) electrons. The second-order valence-electron chi connectivity index (χ2n) is 4.17. The average molecular weight is 284 g/mol. The summed E-state index contributed by atoms with van der Waals surface area (Å²) in [6, 6.07) is 8.31. The van der Waals surface area contributed by atoms with Crippen LogP contribution in [0.15, 0.2) is 35.8 Å². The van der Waals surface area contributed by atoms with E-state index in [-0.39, 0.29) is 11.3 Å². The van der Waals surface area contributed by atoms with Crippen LogP contribution in [0.2, 0.25) is 0 Å². The Kier molecular flexibility index (Phi) is 2.70. The molecule has 0 aliphatic rings. The smallest absolute Gasteiger partial charge is 0.339 e. The van der Waals surface area contributed by atoms with Crippen LogP contribution in [0.3, 0.4) is 0 Å². The van der Waals surface area contributed by atoms with Crippen molar-refractivity contribution in [1.82, 2.24) is 4.57 Å². The highest BCUT2D eigenvalue weighted by Crippen LogP contribution is 2.30. The van der Waals surface area contributed by atoms with Crippen LogP contribution in [-0.4, -0.2) is 20.7 Å². The van der Waals surface area contributed by atoms with Crippen LogP contribution in [0.25, 0.3) is 15.9 Å². The zero-order valence-electron chi connectivity index (χ0n) is 10.1. The maximum atomic E-state index is 10.9. The van der Waals surface area contributed by atoms with Gasteiger partial charge in [-0.1, -0.05) is 0 Å². The molecule has 0 bridgehead atoms. The number of carboxylic acids is 1. The Labute approximate surface area is 117 Å². The Morgan fingerprint density at radius 2 is 2.15 bits per heavy atom. The minimum atomic E-state index is -1.18. The molecular weight excluding hydrogens is 276 g/mol. The number of aromatic carboxylic acids is 1. The third-order valence-electron chi connectivity index (χ3n) is 3.02. The van der Waals surface area contributed by atoms with E-state index in [0.29, 0.717) is 11.3 Å². The van der Waals surface area contributed by atoms with E-state index in [9.17, 15) is 9.90 Å². The molecule has 0 saturated heterocycles. The van der Waals surface area contributed by atoms with Gasteiger partial charge in [0.15, 0.2) is 0 Å². The Morgan fingerprint density at radius 1 is 1.35 bits per heavy atom. The summed E-state index contributed by atoms with van der Waals surface area (Å²) in [6.45, 7) is 0. The number of thiophene rings is 1. The molecule has 2 heterocycles. The van der Waals surface area contributed by atoms with E-state index < -0.39 is 5.97 Å². The van der Waals surface area contributed by atoms with Crippen LogP contribution in [-0.2, 0) is 0 Å². The first-order valence-electron chi connectivity index (χ1n) is 5.67. The maximum Gasteiger partial charge on any atom is 0.339 e. The van der Waals surface area contributed by atoms with Gasteiger partial charge < -0.3 is 14.8 Å². The lowest BCUT2D eigenvalue weighted by Gasteiger charge is -2.06. The van der Waals surface area contributed by atoms with Crippen molar-refractivity contribution < 1.29 is 15.0 Å². The topological polar surface area (TPSA) is 86.2 Å². The fourth-order valence-electron chi connectivity index (χ4n) is 2.08. The summed E-state index contributed by atoms with van der Waals surface area (Å²) in [6.07, 6.45) is 1.68. The second-order valence-corrected chi connectivity index (χ2v) is 5.07. The molecule has 0 aliphatic heterocycles. The summed E-state index contributed by atoms with van der Waals surface area (Å²) < 4.78 is 1.77. The van der Waals surface area contributed by atoms with E-state index >= 15 is 0 Å². The zero-order chi connectivity index (χ0) is 14.3. The molecule has 3 aromatic rings. The van der Waals surface area contributed by atoms with Crippen molar-refractivity contribution >= 4 is 27.5 Å². The van der Waals surface area contributed by atoms with Crippen molar-refractivity contribution in [1.29, 1.82) is 5.26 Å². The van der Waals surface area contributed by atoms with E-state index in [4.69, 9.17) is 10.4 Å².